The van der Waals surface area contributed by atoms with Gasteiger partial charge in [-0.05, 0) is 12.1 Å². The van der Waals surface area contributed by atoms with Gasteiger partial charge in [-0.3, -0.25) is 9.59 Å². The molecule has 0 atom stereocenters. The summed E-state index contributed by atoms with van der Waals surface area (Å²) in [5.41, 5.74) is 2.99. The fourth-order valence-electron chi connectivity index (χ4n) is 2.42. The van der Waals surface area contributed by atoms with Crippen LogP contribution in [0.2, 0.25) is 0 Å². The highest BCUT2D eigenvalue weighted by molar-refractivity contribution is 8.01. The van der Waals surface area contributed by atoms with Crippen molar-refractivity contribution in [3.63, 3.8) is 0 Å². The Morgan fingerprint density at radius 3 is 2.28 bits per heavy atom. The van der Waals surface area contributed by atoms with Crippen molar-refractivity contribution in [3.8, 4) is 11.5 Å². The molecule has 8 nitrogen and oxygen atoms in total. The summed E-state index contributed by atoms with van der Waals surface area (Å²) < 4.78 is 11.5. The van der Waals surface area contributed by atoms with Gasteiger partial charge in [-0.2, -0.15) is 0 Å². The molecule has 0 saturated carbocycles. The molecule has 0 aliphatic carbocycles. The molecule has 150 valence electrons. The number of carbonyl (C=O) groups is 2. The van der Waals surface area contributed by atoms with Crippen LogP contribution in [0.25, 0.3) is 0 Å². The van der Waals surface area contributed by atoms with E-state index in [1.165, 1.54) is 37.3 Å². The Morgan fingerprint density at radius 2 is 1.69 bits per heavy atom. The summed E-state index contributed by atoms with van der Waals surface area (Å²) in [5.74, 6) is 0.445. The van der Waals surface area contributed by atoms with Crippen LogP contribution in [-0.4, -0.2) is 42.0 Å². The topological polar surface area (TPSA) is 102 Å². The Hall–Kier alpha value is -3.11. The van der Waals surface area contributed by atoms with Crippen LogP contribution in [0.3, 0.4) is 0 Å². The van der Waals surface area contributed by atoms with E-state index in [1.807, 2.05) is 6.07 Å². The molecule has 0 aliphatic heterocycles. The van der Waals surface area contributed by atoms with E-state index in [-0.39, 0.29) is 17.6 Å². The minimum absolute atomic E-state index is 0.174. The van der Waals surface area contributed by atoms with Gasteiger partial charge in [-0.1, -0.05) is 41.3 Å². The summed E-state index contributed by atoms with van der Waals surface area (Å²) in [6, 6.07) is 12.0. The van der Waals surface area contributed by atoms with E-state index in [4.69, 9.17) is 9.47 Å². The molecule has 0 saturated heterocycles. The molecule has 0 radical (unpaired) electrons. The monoisotopic (exact) mass is 430 g/mol. The predicted molar refractivity (Wildman–Crippen MR) is 113 cm³/mol. The maximum atomic E-state index is 12.5. The van der Waals surface area contributed by atoms with Gasteiger partial charge in [0.15, 0.2) is 4.34 Å². The molecular weight excluding hydrogens is 412 g/mol. The zero-order valence-electron chi connectivity index (χ0n) is 15.7. The molecule has 2 aromatic carbocycles. The summed E-state index contributed by atoms with van der Waals surface area (Å²) in [4.78, 5) is 24.7. The lowest BCUT2D eigenvalue weighted by Crippen LogP contribution is -2.16. The number of amides is 2. The molecule has 0 unspecified atom stereocenters. The SMILES string of the molecule is COc1cc(NC(=O)c2ccccc2)c(OC)cc1NC(=O)CSc1nncs1. The fourth-order valence-corrected chi connectivity index (χ4v) is 3.70. The summed E-state index contributed by atoms with van der Waals surface area (Å²) in [5, 5.41) is 13.2. The number of carbonyl (C=O) groups excluding carboxylic acids is 2. The largest absolute Gasteiger partial charge is 0.494 e. The third-order valence-corrected chi connectivity index (χ3v) is 5.61. The molecular formula is C19H18N4O4S2. The molecule has 2 amide bonds. The summed E-state index contributed by atoms with van der Waals surface area (Å²) >= 11 is 2.66. The van der Waals surface area contributed by atoms with Crippen molar-refractivity contribution in [2.24, 2.45) is 0 Å². The van der Waals surface area contributed by atoms with Crippen molar-refractivity contribution in [2.45, 2.75) is 4.34 Å². The van der Waals surface area contributed by atoms with Crippen molar-refractivity contribution in [1.29, 1.82) is 0 Å². The van der Waals surface area contributed by atoms with Gasteiger partial charge in [-0.15, -0.1) is 10.2 Å². The first-order valence-corrected chi connectivity index (χ1v) is 10.3. The number of ether oxygens (including phenoxy) is 2. The molecule has 10 heteroatoms. The average Bonchev–Trinajstić information content (AvgIpc) is 3.27. The number of methoxy groups -OCH3 is 2. The van der Waals surface area contributed by atoms with Crippen LogP contribution in [0.5, 0.6) is 11.5 Å². The summed E-state index contributed by atoms with van der Waals surface area (Å²) in [6.07, 6.45) is 0. The zero-order chi connectivity index (χ0) is 20.6. The predicted octanol–water partition coefficient (Wildman–Crippen LogP) is 3.54. The Bertz CT molecular complexity index is 981. The Kier molecular flexibility index (Phi) is 7.04. The summed E-state index contributed by atoms with van der Waals surface area (Å²) in [6.45, 7) is 0. The van der Waals surface area contributed by atoms with Crippen LogP contribution in [0.15, 0.2) is 52.3 Å². The standard InChI is InChI=1S/C19H18N4O4S2/c1-26-15-9-14(22-18(25)12-6-4-3-5-7-12)16(27-2)8-13(15)21-17(24)10-28-19-23-20-11-29-19/h3-9,11H,10H2,1-2H3,(H,21,24)(H,22,25). The smallest absolute Gasteiger partial charge is 0.255 e. The zero-order valence-corrected chi connectivity index (χ0v) is 17.3. The van der Waals surface area contributed by atoms with E-state index in [2.05, 4.69) is 20.8 Å². The minimum Gasteiger partial charge on any atom is -0.494 e. The van der Waals surface area contributed by atoms with E-state index in [0.29, 0.717) is 32.8 Å². The van der Waals surface area contributed by atoms with E-state index >= 15 is 0 Å². The van der Waals surface area contributed by atoms with Gasteiger partial charge >= 0.3 is 0 Å². The Morgan fingerprint density at radius 1 is 1.03 bits per heavy atom. The number of hydrogen-bond acceptors (Lipinski definition) is 8. The van der Waals surface area contributed by atoms with Crippen LogP contribution in [-0.2, 0) is 4.79 Å². The van der Waals surface area contributed by atoms with Gasteiger partial charge in [0.25, 0.3) is 5.91 Å². The number of aromatic nitrogens is 2. The quantitative estimate of drug-likeness (QED) is 0.527. The lowest BCUT2D eigenvalue weighted by molar-refractivity contribution is -0.113. The van der Waals surface area contributed by atoms with Gasteiger partial charge < -0.3 is 20.1 Å². The number of benzene rings is 2. The van der Waals surface area contributed by atoms with Crippen molar-refractivity contribution in [3.05, 3.63) is 53.5 Å². The number of thioether (sulfide) groups is 1. The van der Waals surface area contributed by atoms with Gasteiger partial charge in [0, 0.05) is 17.7 Å². The third-order valence-electron chi connectivity index (χ3n) is 3.75. The van der Waals surface area contributed by atoms with E-state index in [1.54, 1.807) is 41.9 Å². The highest BCUT2D eigenvalue weighted by Crippen LogP contribution is 2.37. The van der Waals surface area contributed by atoms with E-state index < -0.39 is 0 Å². The molecule has 2 N–H and O–H groups in total. The highest BCUT2D eigenvalue weighted by atomic mass is 32.2. The first kappa shape index (κ1) is 20.6. The normalized spacial score (nSPS) is 10.3. The number of nitrogens with one attached hydrogen (secondary N) is 2. The molecule has 0 aliphatic rings. The van der Waals surface area contributed by atoms with Crippen LogP contribution in [0.4, 0.5) is 11.4 Å². The van der Waals surface area contributed by atoms with E-state index in [9.17, 15) is 9.59 Å². The number of rotatable bonds is 8. The van der Waals surface area contributed by atoms with Crippen molar-refractivity contribution >= 4 is 46.3 Å². The first-order valence-electron chi connectivity index (χ1n) is 8.42. The molecule has 1 aromatic heterocycles. The van der Waals surface area contributed by atoms with E-state index in [0.717, 1.165) is 0 Å². The molecule has 3 rings (SSSR count). The van der Waals surface area contributed by atoms with Gasteiger partial charge in [0.05, 0.1) is 31.3 Å². The highest BCUT2D eigenvalue weighted by Gasteiger charge is 2.16. The Balaban J connectivity index is 1.75. The maximum Gasteiger partial charge on any atom is 0.255 e. The molecule has 0 fully saturated rings. The summed E-state index contributed by atoms with van der Waals surface area (Å²) in [7, 11) is 2.97. The van der Waals surface area contributed by atoms with Crippen LogP contribution < -0.4 is 20.1 Å². The molecule has 3 aromatic rings. The van der Waals surface area contributed by atoms with Crippen molar-refractivity contribution < 1.29 is 19.1 Å². The van der Waals surface area contributed by atoms with Gasteiger partial charge in [-0.25, -0.2) is 0 Å². The molecule has 0 bridgehead atoms. The molecule has 0 spiro atoms. The van der Waals surface area contributed by atoms with Crippen molar-refractivity contribution in [2.75, 3.05) is 30.6 Å². The second-order valence-electron chi connectivity index (χ2n) is 5.61. The minimum atomic E-state index is -0.281. The Labute approximate surface area is 175 Å². The fraction of sp³-hybridized carbons (Fsp3) is 0.158. The van der Waals surface area contributed by atoms with Crippen molar-refractivity contribution in [1.82, 2.24) is 10.2 Å². The van der Waals surface area contributed by atoms with Gasteiger partial charge in [0.2, 0.25) is 5.91 Å². The lowest BCUT2D eigenvalue weighted by Gasteiger charge is -2.16. The molecule has 1 heterocycles. The third kappa shape index (κ3) is 5.46. The second-order valence-corrected chi connectivity index (χ2v) is 7.67. The lowest BCUT2D eigenvalue weighted by atomic mass is 10.2. The number of anilines is 2. The number of hydrogen-bond donors (Lipinski definition) is 2. The average molecular weight is 431 g/mol. The first-order chi connectivity index (χ1) is 14.1. The van der Waals surface area contributed by atoms with Gasteiger partial charge in [0.1, 0.15) is 17.0 Å². The van der Waals surface area contributed by atoms with Crippen LogP contribution in [0, 0.1) is 0 Å². The number of nitrogens with zero attached hydrogens (tertiary/aromatic N) is 2. The van der Waals surface area contributed by atoms with Crippen LogP contribution >= 0.6 is 23.1 Å². The second kappa shape index (κ2) is 9.89. The van der Waals surface area contributed by atoms with Crippen LogP contribution in [0.1, 0.15) is 10.4 Å². The molecule has 29 heavy (non-hydrogen) atoms. The maximum absolute atomic E-state index is 12.5.